The van der Waals surface area contributed by atoms with Gasteiger partial charge in [-0.15, -0.1) is 0 Å². The Hall–Kier alpha value is -0.780. The molecule has 1 saturated heterocycles. The lowest BCUT2D eigenvalue weighted by molar-refractivity contribution is 0.0380. The van der Waals surface area contributed by atoms with E-state index in [1.807, 2.05) is 18.2 Å². The lowest BCUT2D eigenvalue weighted by atomic mass is 9.90. The number of hydrogen-bond acceptors (Lipinski definition) is 4. The van der Waals surface area contributed by atoms with Gasteiger partial charge in [-0.25, -0.2) is 0 Å². The lowest BCUT2D eigenvalue weighted by Crippen LogP contribution is -2.47. The van der Waals surface area contributed by atoms with Gasteiger partial charge >= 0.3 is 0 Å². The maximum absolute atomic E-state index is 9.58. The van der Waals surface area contributed by atoms with Crippen molar-refractivity contribution in [1.29, 1.82) is 0 Å². The average molecular weight is 301 g/mol. The minimum atomic E-state index is -0.305. The monoisotopic (exact) mass is 300 g/mol. The predicted octanol–water partition coefficient (Wildman–Crippen LogP) is 1.98. The van der Waals surface area contributed by atoms with Gasteiger partial charge in [-0.3, -0.25) is 0 Å². The van der Waals surface area contributed by atoms with Crippen LogP contribution < -0.4 is 11.1 Å². The van der Waals surface area contributed by atoms with E-state index in [0.717, 1.165) is 23.0 Å². The van der Waals surface area contributed by atoms with E-state index in [9.17, 15) is 5.11 Å². The van der Waals surface area contributed by atoms with Crippen molar-refractivity contribution in [3.05, 3.63) is 22.7 Å². The second-order valence-electron chi connectivity index (χ2n) is 4.41. The lowest BCUT2D eigenvalue weighted by Gasteiger charge is -2.37. The van der Waals surface area contributed by atoms with E-state index in [1.54, 1.807) is 0 Å². The van der Waals surface area contributed by atoms with Crippen LogP contribution in [0.15, 0.2) is 22.7 Å². The molecule has 17 heavy (non-hydrogen) atoms. The SMILES string of the molecule is Nc1cc(Br)ccc1NC1(CO)CCOCC1. The summed E-state index contributed by atoms with van der Waals surface area (Å²) in [7, 11) is 0. The third-order valence-electron chi connectivity index (χ3n) is 3.17. The second-order valence-corrected chi connectivity index (χ2v) is 5.32. The maximum Gasteiger partial charge on any atom is 0.0663 e. The number of nitrogens with one attached hydrogen (secondary N) is 1. The van der Waals surface area contributed by atoms with E-state index in [4.69, 9.17) is 10.5 Å². The molecule has 0 amide bonds. The molecule has 0 aliphatic carbocycles. The van der Waals surface area contributed by atoms with Crippen molar-refractivity contribution in [1.82, 2.24) is 0 Å². The van der Waals surface area contributed by atoms with Crippen molar-refractivity contribution in [3.63, 3.8) is 0 Å². The second kappa shape index (κ2) is 5.25. The number of halogens is 1. The van der Waals surface area contributed by atoms with Crippen LogP contribution in [0.25, 0.3) is 0 Å². The molecule has 4 N–H and O–H groups in total. The van der Waals surface area contributed by atoms with Gasteiger partial charge in [-0.2, -0.15) is 0 Å². The number of hydrogen-bond donors (Lipinski definition) is 3. The molecular weight excluding hydrogens is 284 g/mol. The van der Waals surface area contributed by atoms with Gasteiger partial charge in [0.2, 0.25) is 0 Å². The summed E-state index contributed by atoms with van der Waals surface area (Å²) in [6, 6.07) is 5.71. The van der Waals surface area contributed by atoms with Gasteiger partial charge in [-0.1, -0.05) is 15.9 Å². The fraction of sp³-hybridized carbons (Fsp3) is 0.500. The number of aliphatic hydroxyl groups excluding tert-OH is 1. The van der Waals surface area contributed by atoms with Gasteiger partial charge in [-0.05, 0) is 31.0 Å². The summed E-state index contributed by atoms with van der Waals surface area (Å²) in [5, 5.41) is 12.9. The fourth-order valence-corrected chi connectivity index (χ4v) is 2.40. The molecule has 1 fully saturated rings. The molecule has 1 aliphatic rings. The van der Waals surface area contributed by atoms with Gasteiger partial charge in [0, 0.05) is 17.7 Å². The molecule has 1 heterocycles. The molecule has 94 valence electrons. The minimum absolute atomic E-state index is 0.0892. The third-order valence-corrected chi connectivity index (χ3v) is 3.66. The zero-order valence-electron chi connectivity index (χ0n) is 9.58. The zero-order chi connectivity index (χ0) is 12.3. The van der Waals surface area contributed by atoms with Crippen molar-refractivity contribution in [2.24, 2.45) is 0 Å². The number of rotatable bonds is 3. The summed E-state index contributed by atoms with van der Waals surface area (Å²) in [5.41, 5.74) is 7.19. The Bertz CT molecular complexity index is 392. The van der Waals surface area contributed by atoms with Crippen molar-refractivity contribution >= 4 is 27.3 Å². The number of anilines is 2. The molecule has 0 unspecified atom stereocenters. The summed E-state index contributed by atoms with van der Waals surface area (Å²) in [4.78, 5) is 0. The zero-order valence-corrected chi connectivity index (χ0v) is 11.2. The highest BCUT2D eigenvalue weighted by Crippen LogP contribution is 2.30. The van der Waals surface area contributed by atoms with E-state index in [-0.39, 0.29) is 12.1 Å². The van der Waals surface area contributed by atoms with Gasteiger partial charge in [0.15, 0.2) is 0 Å². The number of aliphatic hydroxyl groups is 1. The number of nitrogen functional groups attached to an aromatic ring is 1. The van der Waals surface area contributed by atoms with Crippen LogP contribution in [0.5, 0.6) is 0 Å². The van der Waals surface area contributed by atoms with Crippen LogP contribution >= 0.6 is 15.9 Å². The van der Waals surface area contributed by atoms with E-state index in [2.05, 4.69) is 21.2 Å². The summed E-state index contributed by atoms with van der Waals surface area (Å²) < 4.78 is 6.27. The molecule has 0 aromatic heterocycles. The first-order chi connectivity index (χ1) is 8.15. The summed E-state index contributed by atoms with van der Waals surface area (Å²) in [6.07, 6.45) is 1.58. The molecule has 1 aromatic carbocycles. The largest absolute Gasteiger partial charge is 0.397 e. The third kappa shape index (κ3) is 2.91. The quantitative estimate of drug-likeness (QED) is 0.747. The molecule has 0 bridgehead atoms. The normalized spacial score (nSPS) is 18.9. The van der Waals surface area contributed by atoms with Crippen LogP contribution in [0.4, 0.5) is 11.4 Å². The van der Waals surface area contributed by atoms with Crippen molar-refractivity contribution in [3.8, 4) is 0 Å². The van der Waals surface area contributed by atoms with E-state index in [0.29, 0.717) is 18.9 Å². The van der Waals surface area contributed by atoms with Crippen LogP contribution in [0, 0.1) is 0 Å². The molecule has 1 aromatic rings. The summed E-state index contributed by atoms with van der Waals surface area (Å²) in [5.74, 6) is 0. The first-order valence-electron chi connectivity index (χ1n) is 5.67. The molecule has 0 saturated carbocycles. The highest BCUT2D eigenvalue weighted by Gasteiger charge is 2.32. The van der Waals surface area contributed by atoms with Crippen molar-refractivity contribution in [2.75, 3.05) is 30.9 Å². The molecule has 0 radical (unpaired) electrons. The van der Waals surface area contributed by atoms with Crippen molar-refractivity contribution < 1.29 is 9.84 Å². The smallest absolute Gasteiger partial charge is 0.0663 e. The Kier molecular flexibility index (Phi) is 3.91. The summed E-state index contributed by atoms with van der Waals surface area (Å²) in [6.45, 7) is 1.43. The van der Waals surface area contributed by atoms with Crippen LogP contribution in [0.3, 0.4) is 0 Å². The molecule has 4 nitrogen and oxygen atoms in total. The minimum Gasteiger partial charge on any atom is -0.397 e. The topological polar surface area (TPSA) is 67.5 Å². The molecule has 0 atom stereocenters. The highest BCUT2D eigenvalue weighted by atomic mass is 79.9. The molecule has 2 rings (SSSR count). The Balaban J connectivity index is 2.17. The molecule has 0 spiro atoms. The van der Waals surface area contributed by atoms with Crippen LogP contribution in [0.1, 0.15) is 12.8 Å². The van der Waals surface area contributed by atoms with Gasteiger partial charge in [0.05, 0.1) is 23.5 Å². The highest BCUT2D eigenvalue weighted by molar-refractivity contribution is 9.10. The van der Waals surface area contributed by atoms with Crippen LogP contribution in [0.2, 0.25) is 0 Å². The van der Waals surface area contributed by atoms with E-state index >= 15 is 0 Å². The van der Waals surface area contributed by atoms with Crippen LogP contribution in [-0.2, 0) is 4.74 Å². The summed E-state index contributed by atoms with van der Waals surface area (Å²) >= 11 is 3.37. The fourth-order valence-electron chi connectivity index (χ4n) is 2.02. The van der Waals surface area contributed by atoms with E-state index < -0.39 is 0 Å². The van der Waals surface area contributed by atoms with Crippen LogP contribution in [-0.4, -0.2) is 30.5 Å². The van der Waals surface area contributed by atoms with Crippen molar-refractivity contribution in [2.45, 2.75) is 18.4 Å². The van der Waals surface area contributed by atoms with Gasteiger partial charge in [0.25, 0.3) is 0 Å². The number of ether oxygens (including phenoxy) is 1. The van der Waals surface area contributed by atoms with E-state index in [1.165, 1.54) is 0 Å². The Morgan fingerprint density at radius 2 is 2.12 bits per heavy atom. The standard InChI is InChI=1S/C12H17BrN2O2/c13-9-1-2-11(10(14)7-9)15-12(8-16)3-5-17-6-4-12/h1-2,7,15-16H,3-6,8,14H2. The maximum atomic E-state index is 9.58. The first-order valence-corrected chi connectivity index (χ1v) is 6.46. The average Bonchev–Trinajstić information content (AvgIpc) is 2.34. The number of nitrogens with two attached hydrogens (primary N) is 1. The van der Waals surface area contributed by atoms with Gasteiger partial charge in [0.1, 0.15) is 0 Å². The molecule has 5 heteroatoms. The molecular formula is C12H17BrN2O2. The predicted molar refractivity (Wildman–Crippen MR) is 72.0 cm³/mol. The Morgan fingerprint density at radius 1 is 1.41 bits per heavy atom. The first kappa shape index (κ1) is 12.7. The Morgan fingerprint density at radius 3 is 2.71 bits per heavy atom. The Labute approximate surface area is 109 Å². The molecule has 1 aliphatic heterocycles. The van der Waals surface area contributed by atoms with Gasteiger partial charge < -0.3 is 20.9 Å². The number of benzene rings is 1.